The first-order valence-corrected chi connectivity index (χ1v) is 7.98. The van der Waals surface area contributed by atoms with Crippen molar-refractivity contribution in [2.45, 2.75) is 45.2 Å². The topological polar surface area (TPSA) is 103 Å². The Morgan fingerprint density at radius 2 is 2.35 bits per heavy atom. The molecule has 1 atom stereocenters. The predicted octanol–water partition coefficient (Wildman–Crippen LogP) is 1.33. The number of likely N-dealkylation sites (tertiary alicyclic amines) is 1. The minimum absolute atomic E-state index is 0.0570. The van der Waals surface area contributed by atoms with E-state index in [1.165, 1.54) is 0 Å². The molecule has 0 saturated carbocycles. The van der Waals surface area contributed by atoms with Crippen molar-refractivity contribution in [3.05, 3.63) is 29.4 Å². The lowest BCUT2D eigenvalue weighted by Gasteiger charge is -2.21. The fraction of sp³-hybridized carbons (Fsp3) is 0.600. The van der Waals surface area contributed by atoms with E-state index in [-0.39, 0.29) is 17.9 Å². The van der Waals surface area contributed by atoms with Gasteiger partial charge in [-0.25, -0.2) is 0 Å². The van der Waals surface area contributed by atoms with Crippen molar-refractivity contribution in [1.29, 1.82) is 0 Å². The molecule has 23 heavy (non-hydrogen) atoms. The molecule has 0 spiro atoms. The molecule has 3 rings (SSSR count). The summed E-state index contributed by atoms with van der Waals surface area (Å²) in [5, 5.41) is 12.0. The minimum atomic E-state index is -0.120. The smallest absolute Gasteiger partial charge is 0.276 e. The SMILES string of the molecule is CC(C)c1cc([C@H]2CCCN2C(=O)c2cn(CCN)nn2)no1. The maximum absolute atomic E-state index is 12.7. The van der Waals surface area contributed by atoms with Crippen LogP contribution >= 0.6 is 0 Å². The Morgan fingerprint density at radius 3 is 3.04 bits per heavy atom. The fourth-order valence-electron chi connectivity index (χ4n) is 2.84. The zero-order chi connectivity index (χ0) is 16.4. The molecule has 1 saturated heterocycles. The Balaban J connectivity index is 1.78. The molecule has 1 fully saturated rings. The third-order valence-corrected chi connectivity index (χ3v) is 4.09. The number of hydrogen-bond donors (Lipinski definition) is 1. The van der Waals surface area contributed by atoms with E-state index in [2.05, 4.69) is 29.3 Å². The van der Waals surface area contributed by atoms with Crippen molar-refractivity contribution >= 4 is 5.91 Å². The minimum Gasteiger partial charge on any atom is -0.361 e. The molecule has 1 aliphatic rings. The van der Waals surface area contributed by atoms with Crippen molar-refractivity contribution in [3.63, 3.8) is 0 Å². The van der Waals surface area contributed by atoms with E-state index < -0.39 is 0 Å². The molecule has 1 amide bonds. The highest BCUT2D eigenvalue weighted by Crippen LogP contribution is 2.33. The van der Waals surface area contributed by atoms with Crippen LogP contribution in [-0.4, -0.2) is 44.0 Å². The fourth-order valence-corrected chi connectivity index (χ4v) is 2.84. The van der Waals surface area contributed by atoms with Gasteiger partial charge in [-0.2, -0.15) is 0 Å². The first kappa shape index (κ1) is 15.7. The molecule has 2 N–H and O–H groups in total. The molecule has 3 heterocycles. The normalized spacial score (nSPS) is 18.1. The van der Waals surface area contributed by atoms with E-state index >= 15 is 0 Å². The monoisotopic (exact) mass is 318 g/mol. The first-order valence-electron chi connectivity index (χ1n) is 7.98. The van der Waals surface area contributed by atoms with Crippen LogP contribution in [0.15, 0.2) is 16.8 Å². The maximum atomic E-state index is 12.7. The zero-order valence-electron chi connectivity index (χ0n) is 13.5. The molecule has 2 aromatic rings. The molecule has 0 aliphatic carbocycles. The van der Waals surface area contributed by atoms with Gasteiger partial charge in [0, 0.05) is 25.1 Å². The number of hydrogen-bond acceptors (Lipinski definition) is 6. The summed E-state index contributed by atoms with van der Waals surface area (Å²) in [6, 6.07) is 1.89. The first-order chi connectivity index (χ1) is 11.1. The van der Waals surface area contributed by atoms with Gasteiger partial charge >= 0.3 is 0 Å². The largest absolute Gasteiger partial charge is 0.361 e. The van der Waals surface area contributed by atoms with Crippen LogP contribution in [0, 0.1) is 0 Å². The van der Waals surface area contributed by atoms with E-state index in [0.29, 0.717) is 25.3 Å². The zero-order valence-corrected chi connectivity index (χ0v) is 13.5. The van der Waals surface area contributed by atoms with E-state index in [9.17, 15) is 4.79 Å². The number of carbonyl (C=O) groups is 1. The molecular formula is C15H22N6O2. The van der Waals surface area contributed by atoms with Crippen LogP contribution in [0.1, 0.15) is 60.6 Å². The average Bonchev–Trinajstić information content (AvgIpc) is 3.26. The van der Waals surface area contributed by atoms with Crippen LogP contribution in [0.5, 0.6) is 0 Å². The number of amides is 1. The molecule has 124 valence electrons. The second-order valence-corrected chi connectivity index (χ2v) is 6.12. The van der Waals surface area contributed by atoms with Gasteiger partial charge in [0.05, 0.1) is 18.8 Å². The Bertz CT molecular complexity index is 677. The molecule has 0 aromatic carbocycles. The summed E-state index contributed by atoms with van der Waals surface area (Å²) < 4.78 is 6.96. The standard InChI is InChI=1S/C15H22N6O2/c1-10(2)14-8-11(18-23-14)13-4-3-6-21(13)15(22)12-9-20(7-5-16)19-17-12/h8-10,13H,3-7,16H2,1-2H3/t13-/m1/s1. The number of nitrogens with two attached hydrogens (primary N) is 1. The second kappa shape index (κ2) is 6.49. The highest BCUT2D eigenvalue weighted by molar-refractivity contribution is 5.92. The molecule has 1 aliphatic heterocycles. The Labute approximate surface area is 134 Å². The van der Waals surface area contributed by atoms with Gasteiger partial charge in [0.1, 0.15) is 11.5 Å². The molecule has 0 radical (unpaired) electrons. The van der Waals surface area contributed by atoms with Crippen molar-refractivity contribution in [1.82, 2.24) is 25.1 Å². The molecule has 8 heteroatoms. The number of carbonyl (C=O) groups excluding carboxylic acids is 1. The summed E-state index contributed by atoms with van der Waals surface area (Å²) in [7, 11) is 0. The van der Waals surface area contributed by atoms with Gasteiger partial charge in [0.15, 0.2) is 5.69 Å². The summed E-state index contributed by atoms with van der Waals surface area (Å²) in [6.07, 6.45) is 3.47. The van der Waals surface area contributed by atoms with Gasteiger partial charge in [-0.3, -0.25) is 9.48 Å². The molecular weight excluding hydrogens is 296 g/mol. The quantitative estimate of drug-likeness (QED) is 0.892. The van der Waals surface area contributed by atoms with E-state index in [0.717, 1.165) is 24.3 Å². The Morgan fingerprint density at radius 1 is 1.52 bits per heavy atom. The number of aromatic nitrogens is 4. The third-order valence-electron chi connectivity index (χ3n) is 4.09. The van der Waals surface area contributed by atoms with Gasteiger partial charge in [-0.15, -0.1) is 5.10 Å². The van der Waals surface area contributed by atoms with Crippen LogP contribution < -0.4 is 5.73 Å². The van der Waals surface area contributed by atoms with Gasteiger partial charge in [-0.1, -0.05) is 24.2 Å². The molecule has 8 nitrogen and oxygen atoms in total. The predicted molar refractivity (Wildman–Crippen MR) is 82.7 cm³/mol. The second-order valence-electron chi connectivity index (χ2n) is 6.12. The van der Waals surface area contributed by atoms with Gasteiger partial charge in [-0.05, 0) is 12.8 Å². The van der Waals surface area contributed by atoms with E-state index in [1.54, 1.807) is 15.8 Å². The summed E-state index contributed by atoms with van der Waals surface area (Å²) in [6.45, 7) is 5.80. The van der Waals surface area contributed by atoms with Crippen molar-refractivity contribution in [3.8, 4) is 0 Å². The van der Waals surface area contributed by atoms with E-state index in [4.69, 9.17) is 10.3 Å². The molecule has 0 unspecified atom stereocenters. The van der Waals surface area contributed by atoms with Crippen molar-refractivity contribution in [2.24, 2.45) is 5.73 Å². The Kier molecular flexibility index (Phi) is 4.42. The maximum Gasteiger partial charge on any atom is 0.276 e. The van der Waals surface area contributed by atoms with Crippen LogP contribution in [0.4, 0.5) is 0 Å². The van der Waals surface area contributed by atoms with E-state index in [1.807, 2.05) is 6.07 Å². The summed E-state index contributed by atoms with van der Waals surface area (Å²) in [5.41, 5.74) is 6.65. The van der Waals surface area contributed by atoms with Crippen LogP contribution in [0.3, 0.4) is 0 Å². The molecule has 0 bridgehead atoms. The lowest BCUT2D eigenvalue weighted by molar-refractivity contribution is 0.0724. The van der Waals surface area contributed by atoms with Crippen LogP contribution in [-0.2, 0) is 6.54 Å². The highest BCUT2D eigenvalue weighted by Gasteiger charge is 2.34. The third kappa shape index (κ3) is 3.12. The molecule has 2 aromatic heterocycles. The van der Waals surface area contributed by atoms with Crippen molar-refractivity contribution in [2.75, 3.05) is 13.1 Å². The van der Waals surface area contributed by atoms with Crippen molar-refractivity contribution < 1.29 is 9.32 Å². The number of rotatable bonds is 5. The summed E-state index contributed by atoms with van der Waals surface area (Å²) in [5.74, 6) is 0.996. The summed E-state index contributed by atoms with van der Waals surface area (Å²) >= 11 is 0. The average molecular weight is 318 g/mol. The van der Waals surface area contributed by atoms with Crippen LogP contribution in [0.25, 0.3) is 0 Å². The lowest BCUT2D eigenvalue weighted by Crippen LogP contribution is -2.31. The van der Waals surface area contributed by atoms with Crippen LogP contribution in [0.2, 0.25) is 0 Å². The van der Waals surface area contributed by atoms with Gasteiger partial charge < -0.3 is 15.2 Å². The van der Waals surface area contributed by atoms with Gasteiger partial charge in [0.2, 0.25) is 0 Å². The lowest BCUT2D eigenvalue weighted by atomic mass is 10.1. The van der Waals surface area contributed by atoms with Gasteiger partial charge in [0.25, 0.3) is 5.91 Å². The Hall–Kier alpha value is -2.22. The number of nitrogens with zero attached hydrogens (tertiary/aromatic N) is 5. The summed E-state index contributed by atoms with van der Waals surface area (Å²) in [4.78, 5) is 14.5. The highest BCUT2D eigenvalue weighted by atomic mass is 16.5.